The van der Waals surface area contributed by atoms with Gasteiger partial charge in [0, 0.05) is 18.1 Å². The lowest BCUT2D eigenvalue weighted by Crippen LogP contribution is -2.42. The summed E-state index contributed by atoms with van der Waals surface area (Å²) < 4.78 is 0. The van der Waals surface area contributed by atoms with E-state index in [4.69, 9.17) is 0 Å². The lowest BCUT2D eigenvalue weighted by atomic mass is 10.1. The largest absolute Gasteiger partial charge is 0.550 e. The number of anilines is 1. The summed E-state index contributed by atoms with van der Waals surface area (Å²) in [7, 11) is 0. The van der Waals surface area contributed by atoms with Gasteiger partial charge < -0.3 is 25.1 Å². The number of H-pyrrole nitrogens is 1. The van der Waals surface area contributed by atoms with E-state index in [1.54, 1.807) is 0 Å². The summed E-state index contributed by atoms with van der Waals surface area (Å²) in [6, 6.07) is 13.9. The van der Waals surface area contributed by atoms with Crippen molar-refractivity contribution >= 4 is 39.4 Å². The molecule has 1 atom stereocenters. The zero-order valence-corrected chi connectivity index (χ0v) is 12.7. The molecule has 122 valence electrons. The number of carboxylic acid groups (broad SMARTS) is 2. The average molecular weight is 323 g/mol. The Kier molecular flexibility index (Phi) is 4.29. The van der Waals surface area contributed by atoms with Crippen LogP contribution >= 0.6 is 0 Å². The van der Waals surface area contributed by atoms with Crippen LogP contribution in [0.15, 0.2) is 48.5 Å². The van der Waals surface area contributed by atoms with E-state index in [2.05, 4.69) is 10.3 Å². The second-order valence-corrected chi connectivity index (χ2v) is 5.52. The van der Waals surface area contributed by atoms with Crippen LogP contribution in [0.5, 0.6) is 0 Å². The summed E-state index contributed by atoms with van der Waals surface area (Å²) in [5.74, 6) is -2.64. The molecule has 0 radical (unpaired) electrons. The van der Waals surface area contributed by atoms with Crippen LogP contribution in [0, 0.1) is 0 Å². The molecule has 0 aliphatic rings. The first-order valence-corrected chi connectivity index (χ1v) is 7.56. The first-order valence-electron chi connectivity index (χ1n) is 7.56. The molecular weight excluding hydrogens is 308 g/mol. The van der Waals surface area contributed by atoms with E-state index < -0.39 is 18.0 Å². The van der Waals surface area contributed by atoms with Gasteiger partial charge in [0.1, 0.15) is 0 Å². The smallest absolute Gasteiger partial charge is 0.213 e. The normalized spacial score (nSPS) is 12.2. The number of carboxylic acids is 2. The van der Waals surface area contributed by atoms with E-state index >= 15 is 0 Å². The van der Waals surface area contributed by atoms with Gasteiger partial charge in [-0.05, 0) is 25.0 Å². The van der Waals surface area contributed by atoms with Crippen LogP contribution in [-0.2, 0) is 9.59 Å². The third kappa shape index (κ3) is 3.12. The molecule has 0 saturated carbocycles. The van der Waals surface area contributed by atoms with Crippen LogP contribution in [0.25, 0.3) is 21.8 Å². The van der Waals surface area contributed by atoms with Gasteiger partial charge in [0.05, 0.1) is 28.5 Å². The average Bonchev–Trinajstić information content (AvgIpc) is 2.57. The number of hydrogen-bond donors (Lipinski definition) is 1. The summed E-state index contributed by atoms with van der Waals surface area (Å²) >= 11 is 0. The molecule has 6 nitrogen and oxygen atoms in total. The topological polar surface area (TPSA) is 106 Å². The minimum absolute atomic E-state index is 0.119. The molecule has 0 bridgehead atoms. The number of aliphatic carboxylic acids is 2. The van der Waals surface area contributed by atoms with Crippen molar-refractivity contribution in [3.8, 4) is 0 Å². The molecule has 0 aliphatic carbocycles. The molecule has 0 fully saturated rings. The maximum Gasteiger partial charge on any atom is 0.213 e. The van der Waals surface area contributed by atoms with Crippen LogP contribution in [0.3, 0.4) is 0 Å². The van der Waals surface area contributed by atoms with E-state index in [1.165, 1.54) is 0 Å². The summed E-state index contributed by atoms with van der Waals surface area (Å²) in [6.45, 7) is 0. The van der Waals surface area contributed by atoms with Crippen molar-refractivity contribution in [2.75, 3.05) is 5.32 Å². The zero-order valence-electron chi connectivity index (χ0n) is 12.7. The summed E-state index contributed by atoms with van der Waals surface area (Å²) in [4.78, 5) is 25.3. The zero-order chi connectivity index (χ0) is 17.1. The Morgan fingerprint density at radius 1 is 0.958 bits per heavy atom. The van der Waals surface area contributed by atoms with Crippen LogP contribution in [0.1, 0.15) is 12.8 Å². The number of para-hydroxylation sites is 2. The highest BCUT2D eigenvalue weighted by Gasteiger charge is 2.17. The molecule has 0 unspecified atom stereocenters. The molecule has 0 spiro atoms. The Labute approximate surface area is 137 Å². The maximum atomic E-state index is 11.4. The molecule has 3 aromatic rings. The van der Waals surface area contributed by atoms with Gasteiger partial charge in [0.2, 0.25) is 11.0 Å². The lowest BCUT2D eigenvalue weighted by Gasteiger charge is -2.22. The van der Waals surface area contributed by atoms with Gasteiger partial charge in [-0.15, -0.1) is 0 Å². The predicted octanol–water partition coefficient (Wildman–Crippen LogP) is -0.132. The minimum Gasteiger partial charge on any atom is -0.550 e. The van der Waals surface area contributed by atoms with Crippen molar-refractivity contribution in [2.45, 2.75) is 18.9 Å². The number of carbonyl (C=O) groups is 2. The second-order valence-electron chi connectivity index (χ2n) is 5.52. The van der Waals surface area contributed by atoms with Gasteiger partial charge in [-0.25, -0.2) is 4.98 Å². The van der Waals surface area contributed by atoms with Crippen LogP contribution < -0.4 is 20.5 Å². The Morgan fingerprint density at radius 3 is 2.00 bits per heavy atom. The molecule has 2 N–H and O–H groups in total. The molecule has 0 aliphatic heterocycles. The standard InChI is InChI=1S/C18H16N2O4/c21-16(22)10-9-15(18(23)24)20-17-11-5-1-3-7-13(11)19-14-8-4-2-6-12(14)17/h1-8,15H,9-10H2,(H,19,20)(H,21,22)(H,23,24)/p-1/t15-/m0/s1. The van der Waals surface area contributed by atoms with Crippen molar-refractivity contribution in [3.05, 3.63) is 48.5 Å². The van der Waals surface area contributed by atoms with E-state index in [0.29, 0.717) is 5.69 Å². The highest BCUT2D eigenvalue weighted by molar-refractivity contribution is 6.05. The number of aromatic nitrogens is 1. The molecule has 2 aromatic carbocycles. The molecular formula is C18H15N2O4-. The highest BCUT2D eigenvalue weighted by atomic mass is 16.4. The van der Waals surface area contributed by atoms with E-state index in [-0.39, 0.29) is 12.8 Å². The van der Waals surface area contributed by atoms with Gasteiger partial charge in [0.25, 0.3) is 0 Å². The molecule has 1 heterocycles. The Balaban J connectivity index is 2.11. The van der Waals surface area contributed by atoms with Crippen LogP contribution in [0.2, 0.25) is 0 Å². The molecule has 1 aromatic heterocycles. The first kappa shape index (κ1) is 15.7. The lowest BCUT2D eigenvalue weighted by molar-refractivity contribution is -0.311. The van der Waals surface area contributed by atoms with Gasteiger partial charge in [0.15, 0.2) is 0 Å². The third-order valence-corrected chi connectivity index (χ3v) is 3.90. The van der Waals surface area contributed by atoms with Crippen LogP contribution in [-0.4, -0.2) is 18.0 Å². The number of aromatic amines is 1. The third-order valence-electron chi connectivity index (χ3n) is 3.90. The molecule has 0 saturated heterocycles. The maximum absolute atomic E-state index is 11.4. The molecule has 0 amide bonds. The van der Waals surface area contributed by atoms with Crippen molar-refractivity contribution in [2.24, 2.45) is 0 Å². The number of hydrogen-bond acceptors (Lipinski definition) is 5. The van der Waals surface area contributed by atoms with E-state index in [0.717, 1.165) is 21.8 Å². The van der Waals surface area contributed by atoms with Crippen molar-refractivity contribution in [1.82, 2.24) is 0 Å². The molecule has 6 heteroatoms. The number of rotatable bonds is 6. The monoisotopic (exact) mass is 323 g/mol. The number of fused-ring (bicyclic) bond motifs is 2. The Morgan fingerprint density at radius 2 is 1.50 bits per heavy atom. The quantitative estimate of drug-likeness (QED) is 0.636. The predicted molar refractivity (Wildman–Crippen MR) is 84.7 cm³/mol. The van der Waals surface area contributed by atoms with Crippen molar-refractivity contribution in [1.29, 1.82) is 0 Å². The summed E-state index contributed by atoms with van der Waals surface area (Å²) in [5, 5.41) is 26.6. The number of benzene rings is 2. The Hall–Kier alpha value is -3.15. The van der Waals surface area contributed by atoms with Crippen molar-refractivity contribution in [3.63, 3.8) is 0 Å². The number of nitrogens with one attached hydrogen (secondary N) is 2. The van der Waals surface area contributed by atoms with Gasteiger partial charge in [-0.3, -0.25) is 0 Å². The van der Waals surface area contributed by atoms with Crippen molar-refractivity contribution < 1.29 is 24.8 Å². The van der Waals surface area contributed by atoms with E-state index in [9.17, 15) is 19.8 Å². The van der Waals surface area contributed by atoms with Gasteiger partial charge in [-0.2, -0.15) is 0 Å². The van der Waals surface area contributed by atoms with Crippen LogP contribution in [0.4, 0.5) is 5.69 Å². The summed E-state index contributed by atoms with van der Waals surface area (Å²) in [6.07, 6.45) is -0.480. The Bertz CT molecular complexity index is 869. The minimum atomic E-state index is -1.35. The van der Waals surface area contributed by atoms with E-state index in [1.807, 2.05) is 48.5 Å². The van der Waals surface area contributed by atoms with Gasteiger partial charge >= 0.3 is 0 Å². The number of carbonyl (C=O) groups excluding carboxylic acids is 2. The SMILES string of the molecule is O=C([O-])CC[C@H](Nc1c2ccccc2[nH+]c2ccccc12)C(=O)[O-]. The second kappa shape index (κ2) is 6.54. The first-order chi connectivity index (χ1) is 11.6. The summed E-state index contributed by atoms with van der Waals surface area (Å²) in [5.41, 5.74) is 2.32. The highest BCUT2D eigenvalue weighted by Crippen LogP contribution is 2.29. The molecule has 24 heavy (non-hydrogen) atoms. The fraction of sp³-hybridized carbons (Fsp3) is 0.167. The molecule has 3 rings (SSSR count). The number of pyridine rings is 1. The fourth-order valence-electron chi connectivity index (χ4n) is 2.75. The van der Waals surface area contributed by atoms with Gasteiger partial charge in [-0.1, -0.05) is 24.3 Å². The fourth-order valence-corrected chi connectivity index (χ4v) is 2.75.